The molecule has 0 radical (unpaired) electrons. The maximum Gasteiger partial charge on any atom is 0.252 e. The zero-order valence-electron chi connectivity index (χ0n) is 11.0. The molecule has 0 aromatic heterocycles. The van der Waals surface area contributed by atoms with E-state index >= 15 is 0 Å². The maximum absolute atomic E-state index is 11.9. The van der Waals surface area contributed by atoms with Gasteiger partial charge in [-0.15, -0.1) is 0 Å². The van der Waals surface area contributed by atoms with E-state index in [1.54, 1.807) is 0 Å². The average molecular weight is 267 g/mol. The molecule has 4 N–H and O–H groups in total. The van der Waals surface area contributed by atoms with Crippen LogP contribution >= 0.6 is 0 Å². The molecule has 1 amide bonds. The summed E-state index contributed by atoms with van der Waals surface area (Å²) in [6, 6.07) is 19.8. The lowest BCUT2D eigenvalue weighted by molar-refractivity contribution is -0.126. The summed E-state index contributed by atoms with van der Waals surface area (Å²) in [5.74, 6) is -0.175. The van der Waals surface area contributed by atoms with Gasteiger partial charge in [0.1, 0.15) is 6.17 Å². The third kappa shape index (κ3) is 2.43. The largest absolute Gasteiger partial charge is 0.345 e. The molecular weight excluding hydrogens is 250 g/mol. The minimum atomic E-state index is -0.680. The van der Waals surface area contributed by atoms with Crippen LogP contribution in [-0.4, -0.2) is 12.1 Å². The van der Waals surface area contributed by atoms with Gasteiger partial charge in [0.15, 0.2) is 0 Å². The Labute approximate surface area is 118 Å². The summed E-state index contributed by atoms with van der Waals surface area (Å²) in [5.41, 5.74) is 8.00. The van der Waals surface area contributed by atoms with Gasteiger partial charge in [0.25, 0.3) is 5.91 Å². The lowest BCUT2D eigenvalue weighted by Crippen LogP contribution is -2.59. The first-order valence-corrected chi connectivity index (χ1v) is 6.67. The normalized spacial score (nSPS) is 26.1. The van der Waals surface area contributed by atoms with Crippen LogP contribution in [-0.2, 0) is 4.79 Å². The second-order valence-corrected chi connectivity index (χ2v) is 4.93. The average Bonchev–Trinajstić information content (AvgIpc) is 2.51. The van der Waals surface area contributed by atoms with E-state index in [9.17, 15) is 4.79 Å². The van der Waals surface area contributed by atoms with Gasteiger partial charge in [-0.2, -0.15) is 0 Å². The minimum absolute atomic E-state index is 0.0358. The van der Waals surface area contributed by atoms with Crippen molar-refractivity contribution < 1.29 is 4.79 Å². The van der Waals surface area contributed by atoms with E-state index in [-0.39, 0.29) is 18.0 Å². The molecule has 1 aliphatic heterocycles. The smallest absolute Gasteiger partial charge is 0.252 e. The van der Waals surface area contributed by atoms with Crippen LogP contribution in [0.25, 0.3) is 0 Å². The molecule has 4 nitrogen and oxygen atoms in total. The van der Waals surface area contributed by atoms with Crippen molar-refractivity contribution in [3.05, 3.63) is 71.8 Å². The number of nitrogens with two attached hydrogens (primary N) is 1. The van der Waals surface area contributed by atoms with Gasteiger partial charge < -0.3 is 11.1 Å². The summed E-state index contributed by atoms with van der Waals surface area (Å²) in [4.78, 5) is 11.9. The van der Waals surface area contributed by atoms with Crippen molar-refractivity contribution in [2.45, 2.75) is 18.2 Å². The molecule has 0 bridgehead atoms. The number of carbonyl (C=O) groups excluding carboxylic acids is 1. The van der Waals surface area contributed by atoms with E-state index < -0.39 is 6.17 Å². The second-order valence-electron chi connectivity index (χ2n) is 4.93. The minimum Gasteiger partial charge on any atom is -0.345 e. The highest BCUT2D eigenvalue weighted by Crippen LogP contribution is 2.31. The molecule has 1 aliphatic rings. The van der Waals surface area contributed by atoms with Gasteiger partial charge in [0.05, 0.1) is 12.1 Å². The third-order valence-corrected chi connectivity index (χ3v) is 3.59. The van der Waals surface area contributed by atoms with Crippen LogP contribution in [0.2, 0.25) is 0 Å². The topological polar surface area (TPSA) is 67.2 Å². The van der Waals surface area contributed by atoms with Gasteiger partial charge in [-0.1, -0.05) is 60.7 Å². The molecule has 2 aromatic rings. The molecule has 1 saturated heterocycles. The number of rotatable bonds is 2. The number of carbonyl (C=O) groups is 1. The van der Waals surface area contributed by atoms with Crippen LogP contribution in [0, 0.1) is 0 Å². The Kier molecular flexibility index (Phi) is 3.50. The van der Waals surface area contributed by atoms with E-state index in [1.807, 2.05) is 60.7 Å². The van der Waals surface area contributed by atoms with E-state index in [0.717, 1.165) is 11.1 Å². The van der Waals surface area contributed by atoms with Gasteiger partial charge in [-0.3, -0.25) is 10.1 Å². The van der Waals surface area contributed by atoms with Crippen LogP contribution in [0.3, 0.4) is 0 Å². The van der Waals surface area contributed by atoms with Crippen LogP contribution in [0.5, 0.6) is 0 Å². The molecule has 4 heteroatoms. The highest BCUT2D eigenvalue weighted by atomic mass is 16.2. The first-order valence-electron chi connectivity index (χ1n) is 6.67. The summed E-state index contributed by atoms with van der Waals surface area (Å²) in [6.45, 7) is 0. The Morgan fingerprint density at radius 1 is 0.800 bits per heavy atom. The Balaban J connectivity index is 1.98. The number of piperazine rings is 1. The summed E-state index contributed by atoms with van der Waals surface area (Å²) in [6.07, 6.45) is -0.680. The van der Waals surface area contributed by atoms with Gasteiger partial charge in [0.2, 0.25) is 0 Å². The highest BCUT2D eigenvalue weighted by molar-refractivity contribution is 5.82. The van der Waals surface area contributed by atoms with Crippen molar-refractivity contribution in [1.82, 2.24) is 10.6 Å². The van der Waals surface area contributed by atoms with Crippen molar-refractivity contribution in [2.24, 2.45) is 5.73 Å². The molecule has 0 aliphatic carbocycles. The van der Waals surface area contributed by atoms with Gasteiger partial charge >= 0.3 is 0 Å². The van der Waals surface area contributed by atoms with E-state index in [2.05, 4.69) is 10.6 Å². The van der Waals surface area contributed by atoms with E-state index in [4.69, 9.17) is 5.73 Å². The first kappa shape index (κ1) is 12.8. The number of amides is 1. The third-order valence-electron chi connectivity index (χ3n) is 3.59. The van der Waals surface area contributed by atoms with Gasteiger partial charge in [0, 0.05) is 0 Å². The monoisotopic (exact) mass is 267 g/mol. The second kappa shape index (κ2) is 5.45. The molecule has 20 heavy (non-hydrogen) atoms. The van der Waals surface area contributed by atoms with Crippen molar-refractivity contribution in [3.8, 4) is 0 Å². The molecule has 1 heterocycles. The van der Waals surface area contributed by atoms with Crippen LogP contribution in [0.1, 0.15) is 23.2 Å². The summed E-state index contributed by atoms with van der Waals surface area (Å²) in [7, 11) is 0. The predicted octanol–water partition coefficient (Wildman–Crippen LogP) is 1.47. The maximum atomic E-state index is 11.9. The van der Waals surface area contributed by atoms with Crippen molar-refractivity contribution in [3.63, 3.8) is 0 Å². The SMILES string of the molecule is NC1NC(c2ccccc2)C(c2ccccc2)NC1=O. The van der Waals surface area contributed by atoms with Crippen molar-refractivity contribution >= 4 is 5.91 Å². The number of benzene rings is 2. The Morgan fingerprint density at radius 3 is 1.85 bits per heavy atom. The fourth-order valence-electron chi connectivity index (χ4n) is 2.58. The summed E-state index contributed by atoms with van der Waals surface area (Å²) >= 11 is 0. The zero-order chi connectivity index (χ0) is 13.9. The molecule has 1 fully saturated rings. The van der Waals surface area contributed by atoms with Crippen molar-refractivity contribution in [2.75, 3.05) is 0 Å². The summed E-state index contributed by atoms with van der Waals surface area (Å²) in [5, 5.41) is 6.20. The molecule has 3 rings (SSSR count). The van der Waals surface area contributed by atoms with Crippen LogP contribution in [0.4, 0.5) is 0 Å². The molecule has 0 spiro atoms. The molecule has 2 aromatic carbocycles. The standard InChI is InChI=1S/C16H17N3O/c17-15-16(20)19-14(12-9-5-2-6-10-12)13(18-15)11-7-3-1-4-8-11/h1-10,13-15,18H,17H2,(H,19,20). The van der Waals surface area contributed by atoms with Gasteiger partial charge in [-0.05, 0) is 11.1 Å². The Hall–Kier alpha value is -2.17. The lowest BCUT2D eigenvalue weighted by Gasteiger charge is -2.37. The predicted molar refractivity (Wildman–Crippen MR) is 77.6 cm³/mol. The van der Waals surface area contributed by atoms with Crippen LogP contribution < -0.4 is 16.4 Å². The van der Waals surface area contributed by atoms with Crippen molar-refractivity contribution in [1.29, 1.82) is 0 Å². The van der Waals surface area contributed by atoms with E-state index in [0.29, 0.717) is 0 Å². The first-order chi connectivity index (χ1) is 9.75. The fourth-order valence-corrected chi connectivity index (χ4v) is 2.58. The molecule has 102 valence electrons. The van der Waals surface area contributed by atoms with Crippen LogP contribution in [0.15, 0.2) is 60.7 Å². The van der Waals surface area contributed by atoms with Gasteiger partial charge in [-0.25, -0.2) is 0 Å². The number of hydrogen-bond donors (Lipinski definition) is 3. The fraction of sp³-hybridized carbons (Fsp3) is 0.188. The molecule has 0 saturated carbocycles. The highest BCUT2D eigenvalue weighted by Gasteiger charge is 2.34. The number of hydrogen-bond acceptors (Lipinski definition) is 3. The quantitative estimate of drug-likeness (QED) is 0.772. The van der Waals surface area contributed by atoms with E-state index in [1.165, 1.54) is 0 Å². The Bertz CT molecular complexity index is 585. The molecular formula is C16H17N3O. The summed E-state index contributed by atoms with van der Waals surface area (Å²) < 4.78 is 0. The zero-order valence-corrected chi connectivity index (χ0v) is 11.0. The molecule has 3 unspecified atom stereocenters. The number of nitrogens with one attached hydrogen (secondary N) is 2. The Morgan fingerprint density at radius 2 is 1.30 bits per heavy atom. The molecule has 3 atom stereocenters. The lowest BCUT2D eigenvalue weighted by atomic mass is 9.91.